The molecule has 0 unspecified atom stereocenters. The van der Waals surface area contributed by atoms with Gasteiger partial charge in [-0.05, 0) is 59.7 Å². The van der Waals surface area contributed by atoms with Crippen molar-refractivity contribution in [1.29, 1.82) is 5.26 Å². The first-order chi connectivity index (χ1) is 15.3. The summed E-state index contributed by atoms with van der Waals surface area (Å²) in [6, 6.07) is 21.2. The van der Waals surface area contributed by atoms with Crippen molar-refractivity contribution < 1.29 is 22.7 Å². The Labute approximate surface area is 184 Å². The topological polar surface area (TPSA) is 151 Å². The maximum atomic E-state index is 12.0. The van der Waals surface area contributed by atoms with Crippen LogP contribution in [0.3, 0.4) is 0 Å². The van der Waals surface area contributed by atoms with Crippen LogP contribution in [0.2, 0.25) is 0 Å². The molecular weight excluding hydrogens is 432 g/mol. The number of nitrogens with zero attached hydrogens (tertiary/aromatic N) is 1. The predicted molar refractivity (Wildman–Crippen MR) is 116 cm³/mol. The van der Waals surface area contributed by atoms with Gasteiger partial charge in [0, 0.05) is 5.56 Å². The lowest BCUT2D eigenvalue weighted by molar-refractivity contribution is -0.123. The van der Waals surface area contributed by atoms with E-state index in [1.807, 2.05) is 24.3 Å². The van der Waals surface area contributed by atoms with Crippen molar-refractivity contribution in [2.24, 2.45) is 5.14 Å². The standard InChI is InChI=1S/C22H18N4O5S/c23-13-15-1-3-16(4-2-15)17-5-9-19(10-6-17)31-14-21(27)25-26-22(28)18-7-11-20(12-8-18)32(24,29)30/h1-12H,14H2,(H,25,27)(H,26,28)(H2,24,29,30). The maximum Gasteiger partial charge on any atom is 0.276 e. The lowest BCUT2D eigenvalue weighted by atomic mass is 10.0. The van der Waals surface area contributed by atoms with Crippen LogP contribution in [0.5, 0.6) is 5.75 Å². The van der Waals surface area contributed by atoms with Crippen molar-refractivity contribution >= 4 is 21.8 Å². The fourth-order valence-electron chi connectivity index (χ4n) is 2.66. The zero-order valence-corrected chi connectivity index (χ0v) is 17.4. The molecule has 0 aliphatic rings. The number of hydrazine groups is 1. The molecule has 0 atom stereocenters. The third-order valence-electron chi connectivity index (χ3n) is 4.33. The van der Waals surface area contributed by atoms with E-state index < -0.39 is 21.8 Å². The van der Waals surface area contributed by atoms with Gasteiger partial charge in [-0.25, -0.2) is 13.6 Å². The number of nitrogens with one attached hydrogen (secondary N) is 2. The van der Waals surface area contributed by atoms with Gasteiger partial charge in [0.1, 0.15) is 5.75 Å². The molecule has 0 aliphatic heterocycles. The molecular formula is C22H18N4O5S. The lowest BCUT2D eigenvalue weighted by Gasteiger charge is -2.10. The molecule has 32 heavy (non-hydrogen) atoms. The summed E-state index contributed by atoms with van der Waals surface area (Å²) in [6.07, 6.45) is 0. The second-order valence-corrected chi connectivity index (χ2v) is 8.14. The number of benzene rings is 3. The number of sulfonamides is 1. The van der Waals surface area contributed by atoms with Gasteiger partial charge in [0.2, 0.25) is 10.0 Å². The molecule has 0 aliphatic carbocycles. The number of rotatable bonds is 6. The average molecular weight is 450 g/mol. The summed E-state index contributed by atoms with van der Waals surface area (Å²) >= 11 is 0. The molecule has 3 aromatic rings. The highest BCUT2D eigenvalue weighted by Crippen LogP contribution is 2.22. The van der Waals surface area contributed by atoms with Crippen LogP contribution >= 0.6 is 0 Å². The zero-order valence-electron chi connectivity index (χ0n) is 16.6. The van der Waals surface area contributed by atoms with E-state index in [2.05, 4.69) is 16.9 Å². The normalized spacial score (nSPS) is 10.6. The highest BCUT2D eigenvalue weighted by Gasteiger charge is 2.11. The SMILES string of the molecule is N#Cc1ccc(-c2ccc(OCC(=O)NNC(=O)c3ccc(S(N)(=O)=O)cc3)cc2)cc1. The van der Waals surface area contributed by atoms with Crippen LogP contribution in [0.25, 0.3) is 11.1 Å². The number of amides is 2. The van der Waals surface area contributed by atoms with Crippen LogP contribution in [-0.2, 0) is 14.8 Å². The van der Waals surface area contributed by atoms with Crippen LogP contribution in [0, 0.1) is 11.3 Å². The van der Waals surface area contributed by atoms with E-state index in [0.29, 0.717) is 11.3 Å². The minimum atomic E-state index is -3.86. The van der Waals surface area contributed by atoms with Crippen molar-refractivity contribution in [3.63, 3.8) is 0 Å². The number of nitriles is 1. The van der Waals surface area contributed by atoms with Gasteiger partial charge in [-0.2, -0.15) is 5.26 Å². The summed E-state index contributed by atoms with van der Waals surface area (Å²) < 4.78 is 27.9. The molecule has 2 amide bonds. The molecule has 4 N–H and O–H groups in total. The van der Waals surface area contributed by atoms with Gasteiger partial charge >= 0.3 is 0 Å². The number of carbonyl (C=O) groups is 2. The van der Waals surface area contributed by atoms with Crippen molar-refractivity contribution in [3.8, 4) is 22.9 Å². The van der Waals surface area contributed by atoms with Gasteiger partial charge in [0.25, 0.3) is 11.8 Å². The minimum absolute atomic E-state index is 0.128. The fraction of sp³-hybridized carbons (Fsp3) is 0.0455. The first kappa shape index (κ1) is 22.5. The number of hydrogen-bond donors (Lipinski definition) is 3. The predicted octanol–water partition coefficient (Wildman–Crippen LogP) is 1.71. The molecule has 3 rings (SSSR count). The Morgan fingerprint density at radius 1 is 0.875 bits per heavy atom. The van der Waals surface area contributed by atoms with Gasteiger partial charge in [-0.15, -0.1) is 0 Å². The summed E-state index contributed by atoms with van der Waals surface area (Å²) in [5.74, 6) is -0.760. The van der Waals surface area contributed by atoms with Gasteiger partial charge in [-0.1, -0.05) is 24.3 Å². The largest absolute Gasteiger partial charge is 0.484 e. The number of ether oxygens (including phenoxy) is 1. The average Bonchev–Trinajstić information content (AvgIpc) is 2.81. The summed E-state index contributed by atoms with van der Waals surface area (Å²) in [7, 11) is -3.86. The summed E-state index contributed by atoms with van der Waals surface area (Å²) in [6.45, 7) is -0.332. The Kier molecular flexibility index (Phi) is 6.84. The highest BCUT2D eigenvalue weighted by atomic mass is 32.2. The van der Waals surface area contributed by atoms with Crippen molar-refractivity contribution in [2.45, 2.75) is 4.90 Å². The lowest BCUT2D eigenvalue weighted by Crippen LogP contribution is -2.43. The van der Waals surface area contributed by atoms with Crippen LogP contribution < -0.4 is 20.7 Å². The third-order valence-corrected chi connectivity index (χ3v) is 5.26. The van der Waals surface area contributed by atoms with E-state index in [9.17, 15) is 18.0 Å². The van der Waals surface area contributed by atoms with E-state index in [1.165, 1.54) is 24.3 Å². The molecule has 10 heteroatoms. The van der Waals surface area contributed by atoms with Crippen molar-refractivity contribution in [3.05, 3.63) is 83.9 Å². The molecule has 0 heterocycles. The van der Waals surface area contributed by atoms with Crippen molar-refractivity contribution in [2.75, 3.05) is 6.61 Å². The van der Waals surface area contributed by atoms with Crippen LogP contribution in [-0.4, -0.2) is 26.8 Å². The van der Waals surface area contributed by atoms with Gasteiger partial charge in [0.05, 0.1) is 16.5 Å². The Hall–Kier alpha value is -4.20. The monoisotopic (exact) mass is 450 g/mol. The molecule has 0 fully saturated rings. The van der Waals surface area contributed by atoms with Gasteiger partial charge < -0.3 is 4.74 Å². The van der Waals surface area contributed by atoms with E-state index in [1.54, 1.807) is 24.3 Å². The van der Waals surface area contributed by atoms with Gasteiger partial charge in [-0.3, -0.25) is 20.4 Å². The zero-order chi connectivity index (χ0) is 23.1. The Balaban J connectivity index is 1.48. The molecule has 0 radical (unpaired) electrons. The molecule has 0 saturated carbocycles. The number of nitrogens with two attached hydrogens (primary N) is 1. The molecule has 3 aromatic carbocycles. The van der Waals surface area contributed by atoms with E-state index in [0.717, 1.165) is 11.1 Å². The summed E-state index contributed by atoms with van der Waals surface area (Å²) in [5, 5.41) is 13.9. The molecule has 9 nitrogen and oxygen atoms in total. The summed E-state index contributed by atoms with van der Waals surface area (Å²) in [4.78, 5) is 23.8. The number of primary sulfonamides is 1. The van der Waals surface area contributed by atoms with Crippen molar-refractivity contribution in [1.82, 2.24) is 10.9 Å². The third kappa shape index (κ3) is 5.91. The summed E-state index contributed by atoms with van der Waals surface area (Å²) in [5.41, 5.74) is 7.00. The first-order valence-electron chi connectivity index (χ1n) is 9.22. The Morgan fingerprint density at radius 3 is 1.97 bits per heavy atom. The first-order valence-corrected chi connectivity index (χ1v) is 10.8. The maximum absolute atomic E-state index is 12.0. The Morgan fingerprint density at radius 2 is 1.44 bits per heavy atom. The van der Waals surface area contributed by atoms with Crippen LogP contribution in [0.1, 0.15) is 15.9 Å². The fourth-order valence-corrected chi connectivity index (χ4v) is 3.18. The van der Waals surface area contributed by atoms with Crippen LogP contribution in [0.15, 0.2) is 77.7 Å². The second kappa shape index (κ2) is 9.74. The second-order valence-electron chi connectivity index (χ2n) is 6.57. The Bertz CT molecular complexity index is 1260. The molecule has 162 valence electrons. The molecule has 0 saturated heterocycles. The molecule has 0 aromatic heterocycles. The van der Waals surface area contributed by atoms with E-state index in [-0.39, 0.29) is 17.1 Å². The van der Waals surface area contributed by atoms with E-state index >= 15 is 0 Å². The molecule has 0 spiro atoms. The number of carbonyl (C=O) groups excluding carboxylic acids is 2. The smallest absolute Gasteiger partial charge is 0.276 e. The van der Waals surface area contributed by atoms with Gasteiger partial charge in [0.15, 0.2) is 6.61 Å². The van der Waals surface area contributed by atoms with E-state index in [4.69, 9.17) is 15.1 Å². The molecule has 0 bridgehead atoms. The quantitative estimate of drug-likeness (QED) is 0.486. The number of hydrogen-bond acceptors (Lipinski definition) is 6. The highest BCUT2D eigenvalue weighted by molar-refractivity contribution is 7.89. The van der Waals surface area contributed by atoms with Crippen LogP contribution in [0.4, 0.5) is 0 Å². The minimum Gasteiger partial charge on any atom is -0.484 e.